The molecule has 0 radical (unpaired) electrons. The SMILES string of the molecule is CN=C(NCCc1ccc(F)cc1)NCC(C)(C)C(=O)NC. The second kappa shape index (κ2) is 8.36. The molecule has 1 rings (SSSR count). The van der Waals surface area contributed by atoms with Crippen LogP contribution in [-0.4, -0.2) is 39.1 Å². The van der Waals surface area contributed by atoms with Gasteiger partial charge in [-0.25, -0.2) is 4.39 Å². The molecule has 0 aliphatic carbocycles. The zero-order valence-electron chi connectivity index (χ0n) is 13.7. The van der Waals surface area contributed by atoms with Crippen LogP contribution in [-0.2, 0) is 11.2 Å². The molecule has 6 heteroatoms. The monoisotopic (exact) mass is 308 g/mol. The van der Waals surface area contributed by atoms with E-state index in [1.165, 1.54) is 12.1 Å². The van der Waals surface area contributed by atoms with Gasteiger partial charge in [0.1, 0.15) is 5.82 Å². The van der Waals surface area contributed by atoms with Gasteiger partial charge in [-0.2, -0.15) is 0 Å². The number of guanidine groups is 1. The predicted octanol–water partition coefficient (Wildman–Crippen LogP) is 1.31. The van der Waals surface area contributed by atoms with Crippen molar-refractivity contribution in [2.24, 2.45) is 10.4 Å². The highest BCUT2D eigenvalue weighted by Gasteiger charge is 2.26. The molecule has 0 saturated heterocycles. The van der Waals surface area contributed by atoms with Crippen LogP contribution in [0.25, 0.3) is 0 Å². The average Bonchev–Trinajstić information content (AvgIpc) is 2.51. The molecule has 0 saturated carbocycles. The summed E-state index contributed by atoms with van der Waals surface area (Å²) in [5.74, 6) is 0.381. The highest BCUT2D eigenvalue weighted by Crippen LogP contribution is 2.12. The Labute approximate surface area is 131 Å². The number of nitrogens with zero attached hydrogens (tertiary/aromatic N) is 1. The lowest BCUT2D eigenvalue weighted by molar-refractivity contribution is -0.128. The van der Waals surface area contributed by atoms with Crippen molar-refractivity contribution in [3.05, 3.63) is 35.6 Å². The molecule has 0 aromatic heterocycles. The van der Waals surface area contributed by atoms with Gasteiger partial charge in [0.25, 0.3) is 0 Å². The van der Waals surface area contributed by atoms with Crippen LogP contribution >= 0.6 is 0 Å². The number of carbonyl (C=O) groups excluding carboxylic acids is 1. The maximum Gasteiger partial charge on any atom is 0.227 e. The molecule has 0 unspecified atom stereocenters. The standard InChI is InChI=1S/C16H25FN4O/c1-16(2,14(22)18-3)11-21-15(19-4)20-10-9-12-5-7-13(17)8-6-12/h5-8H,9-11H2,1-4H3,(H,18,22)(H2,19,20,21). The Kier molecular flexibility index (Phi) is 6.82. The van der Waals surface area contributed by atoms with Crippen molar-refractivity contribution < 1.29 is 9.18 Å². The third-order valence-electron chi connectivity index (χ3n) is 3.38. The van der Waals surface area contributed by atoms with E-state index in [0.717, 1.165) is 12.0 Å². The summed E-state index contributed by atoms with van der Waals surface area (Å²) in [6.07, 6.45) is 0.764. The van der Waals surface area contributed by atoms with Crippen molar-refractivity contribution in [2.45, 2.75) is 20.3 Å². The Balaban J connectivity index is 2.40. The molecular formula is C16H25FN4O. The van der Waals surface area contributed by atoms with Crippen LogP contribution in [0.15, 0.2) is 29.3 Å². The number of amides is 1. The average molecular weight is 308 g/mol. The topological polar surface area (TPSA) is 65.5 Å². The summed E-state index contributed by atoms with van der Waals surface area (Å²) in [4.78, 5) is 15.8. The van der Waals surface area contributed by atoms with Crippen LogP contribution in [0.3, 0.4) is 0 Å². The van der Waals surface area contributed by atoms with Crippen LogP contribution in [0.2, 0.25) is 0 Å². The van der Waals surface area contributed by atoms with Crippen molar-refractivity contribution in [2.75, 3.05) is 27.2 Å². The summed E-state index contributed by atoms with van der Waals surface area (Å²) in [6.45, 7) is 4.88. The molecule has 0 atom stereocenters. The van der Waals surface area contributed by atoms with E-state index in [1.807, 2.05) is 13.8 Å². The maximum atomic E-state index is 12.8. The fourth-order valence-corrected chi connectivity index (χ4v) is 1.92. The lowest BCUT2D eigenvalue weighted by atomic mass is 9.92. The normalized spacial score (nSPS) is 12.0. The smallest absolute Gasteiger partial charge is 0.227 e. The minimum Gasteiger partial charge on any atom is -0.359 e. The van der Waals surface area contributed by atoms with Crippen molar-refractivity contribution in [3.63, 3.8) is 0 Å². The zero-order chi connectivity index (χ0) is 16.6. The molecule has 0 bridgehead atoms. The summed E-state index contributed by atoms with van der Waals surface area (Å²) in [5, 5.41) is 8.96. The van der Waals surface area contributed by atoms with E-state index in [4.69, 9.17) is 0 Å². The molecule has 1 amide bonds. The molecule has 1 aromatic carbocycles. The van der Waals surface area contributed by atoms with E-state index < -0.39 is 5.41 Å². The molecule has 22 heavy (non-hydrogen) atoms. The summed E-state index contributed by atoms with van der Waals surface area (Å²) >= 11 is 0. The lowest BCUT2D eigenvalue weighted by Crippen LogP contribution is -2.47. The highest BCUT2D eigenvalue weighted by atomic mass is 19.1. The van der Waals surface area contributed by atoms with Crippen molar-refractivity contribution >= 4 is 11.9 Å². The number of benzene rings is 1. The van der Waals surface area contributed by atoms with Gasteiger partial charge in [-0.15, -0.1) is 0 Å². The van der Waals surface area contributed by atoms with Crippen molar-refractivity contribution in [3.8, 4) is 0 Å². The number of hydrogen-bond acceptors (Lipinski definition) is 2. The molecule has 0 aliphatic rings. The van der Waals surface area contributed by atoms with E-state index in [-0.39, 0.29) is 11.7 Å². The van der Waals surface area contributed by atoms with Gasteiger partial charge in [0, 0.05) is 27.2 Å². The fourth-order valence-electron chi connectivity index (χ4n) is 1.92. The van der Waals surface area contributed by atoms with Crippen LogP contribution < -0.4 is 16.0 Å². The number of carbonyl (C=O) groups is 1. The van der Waals surface area contributed by atoms with Gasteiger partial charge in [0.15, 0.2) is 5.96 Å². The maximum absolute atomic E-state index is 12.8. The third kappa shape index (κ3) is 5.71. The molecule has 5 nitrogen and oxygen atoms in total. The summed E-state index contributed by atoms with van der Waals surface area (Å²) in [7, 11) is 3.31. The Morgan fingerprint density at radius 1 is 1.23 bits per heavy atom. The summed E-state index contributed by atoms with van der Waals surface area (Å²) in [6, 6.07) is 6.44. The number of rotatable bonds is 6. The molecule has 0 fully saturated rings. The second-order valence-corrected chi connectivity index (χ2v) is 5.69. The number of halogens is 1. The third-order valence-corrected chi connectivity index (χ3v) is 3.38. The Morgan fingerprint density at radius 3 is 2.41 bits per heavy atom. The molecule has 0 heterocycles. The van der Waals surface area contributed by atoms with E-state index >= 15 is 0 Å². The van der Waals surface area contributed by atoms with Gasteiger partial charge in [-0.3, -0.25) is 9.79 Å². The fraction of sp³-hybridized carbons (Fsp3) is 0.500. The highest BCUT2D eigenvalue weighted by molar-refractivity contribution is 5.84. The van der Waals surface area contributed by atoms with Gasteiger partial charge in [-0.1, -0.05) is 12.1 Å². The second-order valence-electron chi connectivity index (χ2n) is 5.69. The van der Waals surface area contributed by atoms with Gasteiger partial charge < -0.3 is 16.0 Å². The molecule has 0 spiro atoms. The molecule has 122 valence electrons. The minimum absolute atomic E-state index is 0.0261. The first-order chi connectivity index (χ1) is 10.4. The number of nitrogens with one attached hydrogen (secondary N) is 3. The minimum atomic E-state index is -0.524. The van der Waals surface area contributed by atoms with Crippen molar-refractivity contribution in [1.29, 1.82) is 0 Å². The van der Waals surface area contributed by atoms with Gasteiger partial charge in [0.2, 0.25) is 5.91 Å². The van der Waals surface area contributed by atoms with E-state index in [2.05, 4.69) is 20.9 Å². The zero-order valence-corrected chi connectivity index (χ0v) is 13.7. The van der Waals surface area contributed by atoms with E-state index in [1.54, 1.807) is 26.2 Å². The van der Waals surface area contributed by atoms with Gasteiger partial charge in [0.05, 0.1) is 5.41 Å². The number of hydrogen-bond donors (Lipinski definition) is 3. The summed E-state index contributed by atoms with van der Waals surface area (Å²) < 4.78 is 12.8. The van der Waals surface area contributed by atoms with Crippen molar-refractivity contribution in [1.82, 2.24) is 16.0 Å². The van der Waals surface area contributed by atoms with Crippen LogP contribution in [0.5, 0.6) is 0 Å². The first-order valence-corrected chi connectivity index (χ1v) is 7.30. The molecule has 3 N–H and O–H groups in total. The van der Waals surface area contributed by atoms with Crippen LogP contribution in [0, 0.1) is 11.2 Å². The van der Waals surface area contributed by atoms with Gasteiger partial charge >= 0.3 is 0 Å². The van der Waals surface area contributed by atoms with E-state index in [9.17, 15) is 9.18 Å². The predicted molar refractivity (Wildman–Crippen MR) is 87.3 cm³/mol. The quantitative estimate of drug-likeness (QED) is 0.548. The van der Waals surface area contributed by atoms with Crippen LogP contribution in [0.4, 0.5) is 4.39 Å². The first kappa shape index (κ1) is 17.9. The lowest BCUT2D eigenvalue weighted by Gasteiger charge is -2.24. The molecular weight excluding hydrogens is 283 g/mol. The van der Waals surface area contributed by atoms with Gasteiger partial charge in [-0.05, 0) is 38.0 Å². The Bertz CT molecular complexity index is 511. The number of aliphatic imine (C=N–C) groups is 1. The Morgan fingerprint density at radius 2 is 1.86 bits per heavy atom. The first-order valence-electron chi connectivity index (χ1n) is 7.30. The molecule has 1 aromatic rings. The summed E-state index contributed by atoms with van der Waals surface area (Å²) in [5.41, 5.74) is 0.526. The largest absolute Gasteiger partial charge is 0.359 e. The van der Waals surface area contributed by atoms with E-state index in [0.29, 0.717) is 19.0 Å². The van der Waals surface area contributed by atoms with Crippen LogP contribution in [0.1, 0.15) is 19.4 Å². The Hall–Kier alpha value is -2.11. The molecule has 0 aliphatic heterocycles.